The zero-order valence-electron chi connectivity index (χ0n) is 3.58. The van der Waals surface area contributed by atoms with E-state index in [1.807, 2.05) is 0 Å². The van der Waals surface area contributed by atoms with Crippen molar-refractivity contribution in [1.29, 1.82) is 0 Å². The zero-order chi connectivity index (χ0) is 7.15. The van der Waals surface area contributed by atoms with Crippen LogP contribution in [0.3, 0.4) is 0 Å². The smallest absolute Gasteiger partial charge is 0.385 e. The first-order chi connectivity index (χ1) is 3.46. The predicted molar refractivity (Wildman–Crippen MR) is 13.1 cm³/mol. The van der Waals surface area contributed by atoms with Gasteiger partial charge in [0.1, 0.15) is 0 Å². The van der Waals surface area contributed by atoms with Gasteiger partial charge in [-0.05, 0) is 0 Å². The summed E-state index contributed by atoms with van der Waals surface area (Å²) < 4.78 is 57.5. The van der Waals surface area contributed by atoms with Gasteiger partial charge in [-0.2, -0.15) is 0 Å². The minimum absolute atomic E-state index is 0. The molecule has 0 spiro atoms. The van der Waals surface area contributed by atoms with Crippen molar-refractivity contribution < 1.29 is 42.8 Å². The van der Waals surface area contributed by atoms with Crippen LogP contribution in [0.2, 0.25) is 0 Å². The summed E-state index contributed by atoms with van der Waals surface area (Å²) in [5.41, 5.74) is 0. The Labute approximate surface area is 57.1 Å². The van der Waals surface area contributed by atoms with Crippen LogP contribution in [0, 0.1) is 13.4 Å². The van der Waals surface area contributed by atoms with E-state index in [0.29, 0.717) is 0 Å². The van der Waals surface area contributed by atoms with E-state index in [2.05, 4.69) is 0 Å². The fourth-order valence-corrected chi connectivity index (χ4v) is 0. The van der Waals surface area contributed by atoms with E-state index in [0.717, 1.165) is 0 Å². The van der Waals surface area contributed by atoms with Gasteiger partial charge >= 0.3 is 16.5 Å². The fourth-order valence-electron chi connectivity index (χ4n) is 0. The Morgan fingerprint density at radius 3 is 0.556 bits per heavy atom. The minimum atomic E-state index is -3.08. The summed E-state index contributed by atoms with van der Waals surface area (Å²) in [7, 11) is 0. The number of rotatable bonds is 0. The van der Waals surface area contributed by atoms with E-state index in [9.17, 15) is 26.3 Å². The van der Waals surface area contributed by atoms with E-state index < -0.39 is 13.4 Å². The van der Waals surface area contributed by atoms with Gasteiger partial charge in [0.2, 0.25) is 0 Å². The van der Waals surface area contributed by atoms with Crippen molar-refractivity contribution in [1.82, 2.24) is 0 Å². The van der Waals surface area contributed by atoms with Crippen molar-refractivity contribution in [3.8, 4) is 0 Å². The van der Waals surface area contributed by atoms with Crippen molar-refractivity contribution in [2.75, 3.05) is 0 Å². The summed E-state index contributed by atoms with van der Waals surface area (Å²) in [4.78, 5) is 0. The van der Waals surface area contributed by atoms with Gasteiger partial charge in [0, 0.05) is 0 Å². The van der Waals surface area contributed by atoms with Gasteiger partial charge in [-0.3, -0.25) is 0 Å². The number of hydrogen-bond donors (Lipinski definition) is 0. The first-order valence-electron chi connectivity index (χ1n) is 1.13. The molecule has 0 atom stereocenters. The molecule has 0 aliphatic carbocycles. The maximum absolute atomic E-state index is 9.58. The predicted octanol–water partition coefficient (Wildman–Crippen LogP) is 2.68. The molecule has 0 bridgehead atoms. The van der Waals surface area contributed by atoms with Gasteiger partial charge in [-0.25, -0.2) is 0 Å². The van der Waals surface area contributed by atoms with Gasteiger partial charge in [0.15, 0.2) is 13.4 Å². The van der Waals surface area contributed by atoms with E-state index in [1.165, 1.54) is 0 Å². The van der Waals surface area contributed by atoms with Crippen molar-refractivity contribution in [2.24, 2.45) is 0 Å². The molecular formula is C2F6Ni+. The Balaban J connectivity index is -0.0000000720. The van der Waals surface area contributed by atoms with Crippen LogP contribution in [0.5, 0.6) is 0 Å². The molecule has 0 saturated heterocycles. The normalized spacial score (nSPS) is 8.00. The van der Waals surface area contributed by atoms with E-state index in [-0.39, 0.29) is 16.5 Å². The summed E-state index contributed by atoms with van der Waals surface area (Å²) in [5.74, 6) is 0. The maximum atomic E-state index is 9.58. The molecule has 0 aromatic heterocycles. The molecule has 9 heavy (non-hydrogen) atoms. The molecule has 0 saturated carbocycles. The van der Waals surface area contributed by atoms with Crippen LogP contribution in [-0.4, -0.2) is 0 Å². The maximum Gasteiger partial charge on any atom is 3.00 e. The topological polar surface area (TPSA) is 0 Å². The van der Waals surface area contributed by atoms with E-state index in [4.69, 9.17) is 0 Å². The Morgan fingerprint density at radius 1 is 0.556 bits per heavy atom. The first kappa shape index (κ1) is 16.0. The Bertz CT molecular complexity index is 26.5. The molecular weight excluding hydrogens is 197 g/mol. The van der Waals surface area contributed by atoms with Crippen LogP contribution in [0.25, 0.3) is 0 Å². The third-order valence-corrected chi connectivity index (χ3v) is 0. The molecule has 0 heterocycles. The standard InChI is InChI=1S/2CF3.Ni/c2*2-1(3)4;/q2*-1;+3. The van der Waals surface area contributed by atoms with Crippen LogP contribution in [0.4, 0.5) is 26.3 Å². The largest absolute Gasteiger partial charge is 3.00 e. The second-order valence-corrected chi connectivity index (χ2v) is 0.429. The molecule has 0 aromatic carbocycles. The van der Waals surface area contributed by atoms with Gasteiger partial charge < -0.3 is 26.3 Å². The van der Waals surface area contributed by atoms with Gasteiger partial charge in [0.05, 0.1) is 0 Å². The van der Waals surface area contributed by atoms with Crippen LogP contribution in [0.1, 0.15) is 0 Å². The van der Waals surface area contributed by atoms with Crippen LogP contribution >= 0.6 is 0 Å². The molecule has 0 N–H and O–H groups in total. The molecule has 59 valence electrons. The fraction of sp³-hybridized carbons (Fsp3) is 0. The van der Waals surface area contributed by atoms with Gasteiger partial charge in [-0.15, -0.1) is 0 Å². The number of hydrogen-bond acceptors (Lipinski definition) is 0. The van der Waals surface area contributed by atoms with E-state index in [1.54, 1.807) is 0 Å². The molecule has 0 unspecified atom stereocenters. The molecule has 0 amide bonds. The van der Waals surface area contributed by atoms with Crippen molar-refractivity contribution in [3.05, 3.63) is 13.4 Å². The Morgan fingerprint density at radius 2 is 0.556 bits per heavy atom. The summed E-state index contributed by atoms with van der Waals surface area (Å²) in [6, 6.07) is 0. The molecule has 0 aromatic rings. The Hall–Kier alpha value is 0.0735. The summed E-state index contributed by atoms with van der Waals surface area (Å²) in [5, 5.41) is 0. The average molecular weight is 197 g/mol. The Kier molecular flexibility index (Phi) is 19.5. The summed E-state index contributed by atoms with van der Waals surface area (Å²) in [6.45, 7) is -6.17. The number of halogens is 6. The van der Waals surface area contributed by atoms with Gasteiger partial charge in [-0.1, -0.05) is 0 Å². The molecule has 0 fully saturated rings. The third kappa shape index (κ3) is 55100. The monoisotopic (exact) mass is 196 g/mol. The average Bonchev–Trinajstić information content (AvgIpc) is 1.25. The molecule has 0 nitrogen and oxygen atoms in total. The molecule has 0 aliphatic rings. The van der Waals surface area contributed by atoms with E-state index >= 15 is 0 Å². The molecule has 7 heteroatoms. The van der Waals surface area contributed by atoms with Gasteiger partial charge in [0.25, 0.3) is 0 Å². The van der Waals surface area contributed by atoms with Crippen molar-refractivity contribution >= 4 is 0 Å². The summed E-state index contributed by atoms with van der Waals surface area (Å²) >= 11 is 0. The first-order valence-corrected chi connectivity index (χ1v) is 1.13. The molecule has 1 radical (unpaired) electrons. The van der Waals surface area contributed by atoms with Crippen molar-refractivity contribution in [3.63, 3.8) is 0 Å². The van der Waals surface area contributed by atoms with Crippen LogP contribution in [-0.2, 0) is 16.5 Å². The minimum Gasteiger partial charge on any atom is -0.385 e. The van der Waals surface area contributed by atoms with Crippen LogP contribution in [0.15, 0.2) is 0 Å². The van der Waals surface area contributed by atoms with Crippen molar-refractivity contribution in [2.45, 2.75) is 0 Å². The zero-order valence-corrected chi connectivity index (χ0v) is 4.57. The molecule has 0 aliphatic heterocycles. The second kappa shape index (κ2) is 11.0. The van der Waals surface area contributed by atoms with Crippen LogP contribution < -0.4 is 0 Å². The SMILES string of the molecule is F[C-](F)F.F[C-](F)F.[Ni+3]. The second-order valence-electron chi connectivity index (χ2n) is 0.429. The molecule has 0 rings (SSSR count). The quantitative estimate of drug-likeness (QED) is 0.318. The third-order valence-electron chi connectivity index (χ3n) is 0. The summed E-state index contributed by atoms with van der Waals surface area (Å²) in [6.07, 6.45) is 0.